The second-order valence-electron chi connectivity index (χ2n) is 7.29. The number of rotatable bonds is 12. The lowest BCUT2D eigenvalue weighted by molar-refractivity contribution is -0.146. The van der Waals surface area contributed by atoms with Crippen LogP contribution in [0.5, 0.6) is 0 Å². The largest absolute Gasteiger partial charge is 0.464 e. The van der Waals surface area contributed by atoms with Gasteiger partial charge >= 0.3 is 12.1 Å². The lowest BCUT2D eigenvalue weighted by Crippen LogP contribution is -2.42. The second kappa shape index (κ2) is 12.8. The molecule has 1 unspecified atom stereocenters. The van der Waals surface area contributed by atoms with Gasteiger partial charge in [-0.2, -0.15) is 0 Å². The van der Waals surface area contributed by atoms with Crippen molar-refractivity contribution < 1.29 is 19.1 Å². The molecule has 0 aliphatic carbocycles. The SMILES string of the molecule is C=CCC(NC(=O)OCC(C)(C)C)C(=O)OCCCCCCCC. The van der Waals surface area contributed by atoms with Crippen LogP contribution in [0.4, 0.5) is 4.79 Å². The summed E-state index contributed by atoms with van der Waals surface area (Å²) >= 11 is 0. The number of esters is 1. The maximum absolute atomic E-state index is 12.1. The molecule has 5 heteroatoms. The molecule has 0 rings (SSSR count). The number of unbranched alkanes of at least 4 members (excludes halogenated alkanes) is 5. The average Bonchev–Trinajstić information content (AvgIpc) is 2.51. The minimum atomic E-state index is -0.741. The Morgan fingerprint density at radius 2 is 1.71 bits per heavy atom. The summed E-state index contributed by atoms with van der Waals surface area (Å²) in [5.41, 5.74) is -0.121. The summed E-state index contributed by atoms with van der Waals surface area (Å²) in [6.07, 6.45) is 8.07. The zero-order chi connectivity index (χ0) is 18.4. The summed E-state index contributed by atoms with van der Waals surface area (Å²) in [4.78, 5) is 23.8. The summed E-state index contributed by atoms with van der Waals surface area (Å²) in [7, 11) is 0. The zero-order valence-electron chi connectivity index (χ0n) is 15.9. The number of hydrogen-bond donors (Lipinski definition) is 1. The standard InChI is InChI=1S/C19H35NO4/c1-6-8-9-10-11-12-14-23-17(21)16(13-7-2)20-18(22)24-15-19(3,4)5/h7,16H,2,6,8-15H2,1,3-5H3,(H,20,22). The molecule has 0 aromatic rings. The van der Waals surface area contributed by atoms with Gasteiger partial charge in [-0.25, -0.2) is 9.59 Å². The van der Waals surface area contributed by atoms with Crippen LogP contribution in [0.2, 0.25) is 0 Å². The fourth-order valence-electron chi connectivity index (χ4n) is 2.00. The van der Waals surface area contributed by atoms with Gasteiger partial charge in [-0.05, 0) is 18.3 Å². The van der Waals surface area contributed by atoms with Gasteiger partial charge in [0.2, 0.25) is 0 Å². The predicted octanol–water partition coefficient (Wildman–Crippen LogP) is 4.61. The molecular weight excluding hydrogens is 306 g/mol. The number of carbonyl (C=O) groups excluding carboxylic acids is 2. The van der Waals surface area contributed by atoms with Gasteiger partial charge in [0.15, 0.2) is 0 Å². The molecule has 24 heavy (non-hydrogen) atoms. The highest BCUT2D eigenvalue weighted by atomic mass is 16.6. The smallest absolute Gasteiger partial charge is 0.407 e. The van der Waals surface area contributed by atoms with E-state index in [9.17, 15) is 9.59 Å². The molecule has 0 aliphatic rings. The number of hydrogen-bond acceptors (Lipinski definition) is 4. The van der Waals surface area contributed by atoms with Crippen molar-refractivity contribution in [3.8, 4) is 0 Å². The molecular formula is C19H35NO4. The summed E-state index contributed by atoms with van der Waals surface area (Å²) in [5, 5.41) is 2.55. The molecule has 0 aromatic carbocycles. The third kappa shape index (κ3) is 13.0. The minimum absolute atomic E-state index is 0.121. The molecule has 1 amide bonds. The number of alkyl carbamates (subject to hydrolysis) is 1. The van der Waals surface area contributed by atoms with E-state index in [-0.39, 0.29) is 12.0 Å². The Morgan fingerprint density at radius 1 is 1.08 bits per heavy atom. The van der Waals surface area contributed by atoms with Gasteiger partial charge in [-0.15, -0.1) is 6.58 Å². The quantitative estimate of drug-likeness (QED) is 0.320. The lowest BCUT2D eigenvalue weighted by atomic mass is 9.99. The number of nitrogens with one attached hydrogen (secondary N) is 1. The Kier molecular flexibility index (Phi) is 12.0. The summed E-state index contributed by atoms with van der Waals surface area (Å²) < 4.78 is 10.4. The molecule has 140 valence electrons. The molecule has 0 heterocycles. The molecule has 0 saturated heterocycles. The van der Waals surface area contributed by atoms with Gasteiger partial charge in [0.25, 0.3) is 0 Å². The van der Waals surface area contributed by atoms with E-state index in [1.807, 2.05) is 20.8 Å². The van der Waals surface area contributed by atoms with Crippen molar-refractivity contribution >= 4 is 12.1 Å². The van der Waals surface area contributed by atoms with Gasteiger partial charge in [0.1, 0.15) is 6.04 Å². The molecule has 1 atom stereocenters. The summed E-state index contributed by atoms with van der Waals surface area (Å²) in [5.74, 6) is -0.434. The highest BCUT2D eigenvalue weighted by molar-refractivity contribution is 5.81. The van der Waals surface area contributed by atoms with E-state index >= 15 is 0 Å². The van der Waals surface area contributed by atoms with Crippen molar-refractivity contribution in [2.24, 2.45) is 5.41 Å². The van der Waals surface area contributed by atoms with Gasteiger partial charge in [-0.3, -0.25) is 0 Å². The highest BCUT2D eigenvalue weighted by Gasteiger charge is 2.22. The third-order valence-corrected chi connectivity index (χ3v) is 3.36. The average molecular weight is 341 g/mol. The monoisotopic (exact) mass is 341 g/mol. The molecule has 0 aromatic heterocycles. The number of ether oxygens (including phenoxy) is 2. The van der Waals surface area contributed by atoms with Crippen LogP contribution in [0.15, 0.2) is 12.7 Å². The van der Waals surface area contributed by atoms with E-state index in [1.165, 1.54) is 25.7 Å². The molecule has 0 bridgehead atoms. The van der Waals surface area contributed by atoms with E-state index in [0.29, 0.717) is 13.0 Å². The van der Waals surface area contributed by atoms with E-state index in [2.05, 4.69) is 18.8 Å². The maximum Gasteiger partial charge on any atom is 0.407 e. The molecule has 0 spiro atoms. The fourth-order valence-corrected chi connectivity index (χ4v) is 2.00. The Labute approximate surface area is 147 Å². The predicted molar refractivity (Wildman–Crippen MR) is 96.9 cm³/mol. The maximum atomic E-state index is 12.1. The van der Waals surface area contributed by atoms with Crippen LogP contribution in [0.3, 0.4) is 0 Å². The van der Waals surface area contributed by atoms with Crippen molar-refractivity contribution in [2.75, 3.05) is 13.2 Å². The minimum Gasteiger partial charge on any atom is -0.464 e. The van der Waals surface area contributed by atoms with Crippen LogP contribution in [-0.4, -0.2) is 31.3 Å². The molecule has 1 N–H and O–H groups in total. The third-order valence-electron chi connectivity index (χ3n) is 3.36. The van der Waals surface area contributed by atoms with Crippen LogP contribution >= 0.6 is 0 Å². The summed E-state index contributed by atoms with van der Waals surface area (Å²) in [6.45, 7) is 12.4. The van der Waals surface area contributed by atoms with Crippen LogP contribution in [0.25, 0.3) is 0 Å². The second-order valence-corrected chi connectivity index (χ2v) is 7.29. The topological polar surface area (TPSA) is 64.6 Å². The first kappa shape index (κ1) is 22.5. The van der Waals surface area contributed by atoms with Crippen molar-refractivity contribution in [1.82, 2.24) is 5.32 Å². The van der Waals surface area contributed by atoms with Crippen molar-refractivity contribution in [3.63, 3.8) is 0 Å². The fraction of sp³-hybridized carbons (Fsp3) is 0.789. The number of carbonyl (C=O) groups is 2. The molecule has 0 radical (unpaired) electrons. The van der Waals surface area contributed by atoms with Crippen molar-refractivity contribution in [2.45, 2.75) is 78.7 Å². The first-order valence-corrected chi connectivity index (χ1v) is 9.01. The van der Waals surface area contributed by atoms with Crippen LogP contribution in [0.1, 0.15) is 72.6 Å². The number of amides is 1. The van der Waals surface area contributed by atoms with E-state index in [4.69, 9.17) is 9.47 Å². The van der Waals surface area contributed by atoms with E-state index in [0.717, 1.165) is 12.8 Å². The van der Waals surface area contributed by atoms with Gasteiger partial charge < -0.3 is 14.8 Å². The highest BCUT2D eigenvalue weighted by Crippen LogP contribution is 2.13. The van der Waals surface area contributed by atoms with Gasteiger partial charge in [0.05, 0.1) is 13.2 Å². The normalized spacial score (nSPS) is 12.3. The molecule has 0 fully saturated rings. The lowest BCUT2D eigenvalue weighted by Gasteiger charge is -2.20. The van der Waals surface area contributed by atoms with Crippen LogP contribution in [-0.2, 0) is 14.3 Å². The van der Waals surface area contributed by atoms with Gasteiger partial charge in [-0.1, -0.05) is 65.9 Å². The molecule has 0 aliphatic heterocycles. The molecule has 0 saturated carbocycles. The Morgan fingerprint density at radius 3 is 2.29 bits per heavy atom. The van der Waals surface area contributed by atoms with Crippen LogP contribution in [0, 0.1) is 5.41 Å². The van der Waals surface area contributed by atoms with E-state index < -0.39 is 18.1 Å². The van der Waals surface area contributed by atoms with E-state index in [1.54, 1.807) is 6.08 Å². The first-order valence-electron chi connectivity index (χ1n) is 9.01. The Bertz CT molecular complexity index is 374. The first-order chi connectivity index (χ1) is 11.3. The zero-order valence-corrected chi connectivity index (χ0v) is 15.9. The Hall–Kier alpha value is -1.52. The van der Waals surface area contributed by atoms with Gasteiger partial charge in [0, 0.05) is 0 Å². The summed E-state index contributed by atoms with van der Waals surface area (Å²) in [6, 6.07) is -0.741. The van der Waals surface area contributed by atoms with Crippen molar-refractivity contribution in [1.29, 1.82) is 0 Å². The Balaban J connectivity index is 4.08. The van der Waals surface area contributed by atoms with Crippen LogP contribution < -0.4 is 5.32 Å². The molecule has 5 nitrogen and oxygen atoms in total. The van der Waals surface area contributed by atoms with Crippen molar-refractivity contribution in [3.05, 3.63) is 12.7 Å².